The summed E-state index contributed by atoms with van der Waals surface area (Å²) in [5.41, 5.74) is -0.0270. The Hall–Kier alpha value is -1.92. The highest BCUT2D eigenvalue weighted by Gasteiger charge is 2.26. The van der Waals surface area contributed by atoms with E-state index in [0.29, 0.717) is 37.6 Å². The summed E-state index contributed by atoms with van der Waals surface area (Å²) in [6.45, 7) is 1.69. The van der Waals surface area contributed by atoms with Crippen molar-refractivity contribution in [2.24, 2.45) is 0 Å². The highest BCUT2D eigenvalue weighted by atomic mass is 35.5. The van der Waals surface area contributed by atoms with Gasteiger partial charge in [-0.2, -0.15) is 0 Å². The molecule has 3 rings (SSSR count). The van der Waals surface area contributed by atoms with Gasteiger partial charge in [0.1, 0.15) is 5.82 Å². The van der Waals surface area contributed by atoms with Gasteiger partial charge < -0.3 is 9.80 Å². The van der Waals surface area contributed by atoms with Crippen molar-refractivity contribution in [2.45, 2.75) is 6.42 Å². The SMILES string of the molecule is O=C(Cc1cccs1)N1CCN(C(=O)c2cc(Cl)ccc2F)CC1. The minimum absolute atomic E-state index is 0.0270. The van der Waals surface area contributed by atoms with E-state index in [0.717, 1.165) is 4.88 Å². The Bertz CT molecular complexity index is 743. The molecule has 24 heavy (non-hydrogen) atoms. The van der Waals surface area contributed by atoms with Crippen LogP contribution in [0.3, 0.4) is 0 Å². The number of rotatable bonds is 3. The first-order valence-electron chi connectivity index (χ1n) is 7.59. The summed E-state index contributed by atoms with van der Waals surface area (Å²) in [6.07, 6.45) is 0.383. The van der Waals surface area contributed by atoms with E-state index in [1.165, 1.54) is 18.2 Å². The molecular formula is C17H16ClFN2O2S. The maximum atomic E-state index is 13.8. The molecule has 1 saturated heterocycles. The largest absolute Gasteiger partial charge is 0.339 e. The number of hydrogen-bond donors (Lipinski definition) is 0. The molecule has 0 bridgehead atoms. The molecule has 0 unspecified atom stereocenters. The number of halogens is 2. The maximum absolute atomic E-state index is 13.8. The van der Waals surface area contributed by atoms with Crippen LogP contribution in [-0.4, -0.2) is 47.8 Å². The van der Waals surface area contributed by atoms with Gasteiger partial charge in [0.05, 0.1) is 12.0 Å². The Balaban J connectivity index is 1.59. The fraction of sp³-hybridized carbons (Fsp3) is 0.294. The molecule has 7 heteroatoms. The predicted octanol–water partition coefficient (Wildman–Crippen LogP) is 3.07. The molecule has 1 aliphatic heterocycles. The molecule has 2 amide bonds. The molecular weight excluding hydrogens is 351 g/mol. The lowest BCUT2D eigenvalue weighted by molar-refractivity contribution is -0.131. The first-order chi connectivity index (χ1) is 11.5. The molecule has 1 aromatic heterocycles. The topological polar surface area (TPSA) is 40.6 Å². The maximum Gasteiger partial charge on any atom is 0.257 e. The number of piperazine rings is 1. The van der Waals surface area contributed by atoms with Crippen molar-refractivity contribution in [3.8, 4) is 0 Å². The van der Waals surface area contributed by atoms with Gasteiger partial charge in [-0.25, -0.2) is 4.39 Å². The summed E-state index contributed by atoms with van der Waals surface area (Å²) in [4.78, 5) is 29.0. The summed E-state index contributed by atoms with van der Waals surface area (Å²) in [6, 6.07) is 7.80. The monoisotopic (exact) mass is 366 g/mol. The lowest BCUT2D eigenvalue weighted by atomic mass is 10.1. The summed E-state index contributed by atoms with van der Waals surface area (Å²) >= 11 is 7.40. The van der Waals surface area contributed by atoms with Crippen LogP contribution in [0.2, 0.25) is 5.02 Å². The molecule has 0 saturated carbocycles. The van der Waals surface area contributed by atoms with Gasteiger partial charge in [-0.3, -0.25) is 9.59 Å². The first-order valence-corrected chi connectivity index (χ1v) is 8.85. The van der Waals surface area contributed by atoms with Crippen LogP contribution >= 0.6 is 22.9 Å². The fourth-order valence-electron chi connectivity index (χ4n) is 2.66. The van der Waals surface area contributed by atoms with Crippen LogP contribution < -0.4 is 0 Å². The zero-order valence-electron chi connectivity index (χ0n) is 12.9. The molecule has 4 nitrogen and oxygen atoms in total. The zero-order chi connectivity index (χ0) is 17.1. The number of nitrogens with zero attached hydrogens (tertiary/aromatic N) is 2. The van der Waals surface area contributed by atoms with Crippen LogP contribution in [0.25, 0.3) is 0 Å². The molecule has 0 radical (unpaired) electrons. The molecule has 126 valence electrons. The van der Waals surface area contributed by atoms with E-state index in [2.05, 4.69) is 0 Å². The van der Waals surface area contributed by atoms with Gasteiger partial charge in [0.25, 0.3) is 5.91 Å². The van der Waals surface area contributed by atoms with E-state index in [1.54, 1.807) is 21.1 Å². The van der Waals surface area contributed by atoms with Crippen LogP contribution in [0.4, 0.5) is 4.39 Å². The summed E-state index contributed by atoms with van der Waals surface area (Å²) in [5, 5.41) is 2.27. The molecule has 1 aromatic carbocycles. The number of carbonyl (C=O) groups is 2. The number of benzene rings is 1. The Morgan fingerprint density at radius 1 is 1.12 bits per heavy atom. The molecule has 0 aliphatic carbocycles. The third-order valence-electron chi connectivity index (χ3n) is 3.98. The van der Waals surface area contributed by atoms with Gasteiger partial charge >= 0.3 is 0 Å². The van der Waals surface area contributed by atoms with Crippen molar-refractivity contribution >= 4 is 34.8 Å². The van der Waals surface area contributed by atoms with Gasteiger partial charge in [0, 0.05) is 36.1 Å². The van der Waals surface area contributed by atoms with Crippen LogP contribution in [0.15, 0.2) is 35.7 Å². The lowest BCUT2D eigenvalue weighted by Crippen LogP contribution is -2.51. The van der Waals surface area contributed by atoms with Gasteiger partial charge in [-0.05, 0) is 29.6 Å². The lowest BCUT2D eigenvalue weighted by Gasteiger charge is -2.35. The quantitative estimate of drug-likeness (QED) is 0.837. The predicted molar refractivity (Wildman–Crippen MR) is 91.9 cm³/mol. The Morgan fingerprint density at radius 2 is 1.83 bits per heavy atom. The van der Waals surface area contributed by atoms with Crippen LogP contribution in [-0.2, 0) is 11.2 Å². The molecule has 1 fully saturated rings. The first kappa shape index (κ1) is 16.9. The van der Waals surface area contributed by atoms with E-state index in [4.69, 9.17) is 11.6 Å². The second-order valence-corrected chi connectivity index (χ2v) is 7.02. The number of amides is 2. The van der Waals surface area contributed by atoms with Crippen molar-refractivity contribution in [1.29, 1.82) is 0 Å². The molecule has 0 N–H and O–H groups in total. The van der Waals surface area contributed by atoms with Crippen LogP contribution in [0, 0.1) is 5.82 Å². The summed E-state index contributed by atoms with van der Waals surface area (Å²) < 4.78 is 13.8. The van der Waals surface area contributed by atoms with Gasteiger partial charge in [-0.1, -0.05) is 17.7 Å². The van der Waals surface area contributed by atoms with E-state index >= 15 is 0 Å². The highest BCUT2D eigenvalue weighted by molar-refractivity contribution is 7.10. The molecule has 2 heterocycles. The Morgan fingerprint density at radius 3 is 2.50 bits per heavy atom. The zero-order valence-corrected chi connectivity index (χ0v) is 14.4. The van der Waals surface area contributed by atoms with Gasteiger partial charge in [-0.15, -0.1) is 11.3 Å². The third kappa shape index (κ3) is 3.76. The third-order valence-corrected chi connectivity index (χ3v) is 5.10. The van der Waals surface area contributed by atoms with Crippen LogP contribution in [0.5, 0.6) is 0 Å². The van der Waals surface area contributed by atoms with Crippen LogP contribution in [0.1, 0.15) is 15.2 Å². The average Bonchev–Trinajstić information content (AvgIpc) is 3.09. The van der Waals surface area contributed by atoms with Crippen molar-refractivity contribution < 1.29 is 14.0 Å². The Kier molecular flexibility index (Phi) is 5.16. The number of hydrogen-bond acceptors (Lipinski definition) is 3. The van der Waals surface area contributed by atoms with Crippen molar-refractivity contribution in [1.82, 2.24) is 9.80 Å². The second-order valence-electron chi connectivity index (χ2n) is 5.55. The normalized spacial score (nSPS) is 14.8. The second kappa shape index (κ2) is 7.32. The fourth-order valence-corrected chi connectivity index (χ4v) is 3.53. The minimum Gasteiger partial charge on any atom is -0.339 e. The van der Waals surface area contributed by atoms with E-state index < -0.39 is 5.82 Å². The van der Waals surface area contributed by atoms with Gasteiger partial charge in [0.15, 0.2) is 0 Å². The van der Waals surface area contributed by atoms with Crippen molar-refractivity contribution in [3.05, 3.63) is 57.0 Å². The van der Waals surface area contributed by atoms with Gasteiger partial charge in [0.2, 0.25) is 5.91 Å². The summed E-state index contributed by atoms with van der Waals surface area (Å²) in [7, 11) is 0. The van der Waals surface area contributed by atoms with E-state index in [9.17, 15) is 14.0 Å². The smallest absolute Gasteiger partial charge is 0.257 e. The number of carbonyl (C=O) groups excluding carboxylic acids is 2. The standard InChI is InChI=1S/C17H16ClFN2O2S/c18-12-3-4-15(19)14(10-12)17(23)21-7-5-20(6-8-21)16(22)11-13-2-1-9-24-13/h1-4,9-10H,5-8,11H2. The number of thiophene rings is 1. The molecule has 1 aliphatic rings. The molecule has 0 spiro atoms. The van der Waals surface area contributed by atoms with E-state index in [-0.39, 0.29) is 17.4 Å². The minimum atomic E-state index is -0.583. The molecule has 2 aromatic rings. The van der Waals surface area contributed by atoms with E-state index in [1.807, 2.05) is 17.5 Å². The van der Waals surface area contributed by atoms with Crippen molar-refractivity contribution in [2.75, 3.05) is 26.2 Å². The molecule has 0 atom stereocenters. The van der Waals surface area contributed by atoms with Crippen molar-refractivity contribution in [3.63, 3.8) is 0 Å². The highest BCUT2D eigenvalue weighted by Crippen LogP contribution is 2.18. The average molecular weight is 367 g/mol. The Labute approximate surface area is 148 Å². The summed E-state index contributed by atoms with van der Waals surface area (Å²) in [5.74, 6) is -0.917.